The number of carbonyl (C=O) groups is 1. The lowest BCUT2D eigenvalue weighted by molar-refractivity contribution is -0.0909. The molecule has 0 fully saturated rings. The van der Waals surface area contributed by atoms with Crippen LogP contribution in [-0.4, -0.2) is 22.4 Å². The summed E-state index contributed by atoms with van der Waals surface area (Å²) in [6, 6.07) is 8.11. The summed E-state index contributed by atoms with van der Waals surface area (Å²) in [6.45, 7) is -3.16. The molecule has 2 rings (SSSR count). The average Bonchev–Trinajstić information content (AvgIpc) is 2.78. The van der Waals surface area contributed by atoms with Crippen LogP contribution in [0.3, 0.4) is 0 Å². The van der Waals surface area contributed by atoms with Gasteiger partial charge in [0.15, 0.2) is 5.69 Å². The van der Waals surface area contributed by atoms with Crippen molar-refractivity contribution in [2.45, 2.75) is 6.61 Å². The SMILES string of the molecule is Nc1ccccc1-n1ccc(C(=O)OC(F)F)n1. The normalized spacial score (nSPS) is 10.6. The van der Waals surface area contributed by atoms with E-state index in [-0.39, 0.29) is 5.69 Å². The van der Waals surface area contributed by atoms with E-state index in [2.05, 4.69) is 9.84 Å². The monoisotopic (exact) mass is 253 g/mol. The average molecular weight is 253 g/mol. The number of hydrogen-bond donors (Lipinski definition) is 1. The summed E-state index contributed by atoms with van der Waals surface area (Å²) in [5.41, 5.74) is 6.51. The Labute approximate surface area is 101 Å². The minimum absolute atomic E-state index is 0.210. The predicted molar refractivity (Wildman–Crippen MR) is 59.4 cm³/mol. The van der Waals surface area contributed by atoms with Crippen LogP contribution < -0.4 is 5.73 Å². The van der Waals surface area contributed by atoms with Crippen LogP contribution in [-0.2, 0) is 4.74 Å². The Morgan fingerprint density at radius 2 is 2.06 bits per heavy atom. The van der Waals surface area contributed by atoms with E-state index in [1.807, 2.05) is 0 Å². The first-order valence-corrected chi connectivity index (χ1v) is 4.97. The number of hydrogen-bond acceptors (Lipinski definition) is 4. The van der Waals surface area contributed by atoms with E-state index in [1.165, 1.54) is 16.9 Å². The van der Waals surface area contributed by atoms with E-state index in [0.717, 1.165) is 0 Å². The molecule has 0 aliphatic carbocycles. The number of nitrogens with two attached hydrogens (primary N) is 1. The maximum atomic E-state index is 11.9. The molecule has 0 saturated carbocycles. The van der Waals surface area contributed by atoms with Gasteiger partial charge in [-0.1, -0.05) is 12.1 Å². The fraction of sp³-hybridized carbons (Fsp3) is 0.0909. The first kappa shape index (κ1) is 12.0. The third-order valence-corrected chi connectivity index (χ3v) is 2.18. The van der Waals surface area contributed by atoms with Gasteiger partial charge < -0.3 is 10.5 Å². The highest BCUT2D eigenvalue weighted by Crippen LogP contribution is 2.16. The van der Waals surface area contributed by atoms with Gasteiger partial charge in [0, 0.05) is 6.20 Å². The van der Waals surface area contributed by atoms with Gasteiger partial charge in [0.1, 0.15) is 0 Å². The molecular formula is C11H9F2N3O2. The third kappa shape index (κ3) is 2.45. The largest absolute Gasteiger partial charge is 0.398 e. The molecule has 0 bridgehead atoms. The summed E-state index contributed by atoms with van der Waals surface area (Å²) in [7, 11) is 0. The molecule has 0 aliphatic rings. The number of anilines is 1. The molecule has 1 aromatic carbocycles. The van der Waals surface area contributed by atoms with Crippen LogP contribution in [0.15, 0.2) is 36.5 Å². The molecule has 2 N–H and O–H groups in total. The van der Waals surface area contributed by atoms with E-state index in [1.54, 1.807) is 24.3 Å². The second kappa shape index (κ2) is 4.82. The van der Waals surface area contributed by atoms with Crippen molar-refractivity contribution >= 4 is 11.7 Å². The maximum Gasteiger partial charge on any atom is 0.389 e. The summed E-state index contributed by atoms with van der Waals surface area (Å²) >= 11 is 0. The first-order valence-electron chi connectivity index (χ1n) is 4.97. The number of aromatic nitrogens is 2. The van der Waals surface area contributed by atoms with Crippen LogP contribution in [0.1, 0.15) is 10.5 Å². The number of carbonyl (C=O) groups excluding carboxylic acids is 1. The van der Waals surface area contributed by atoms with Gasteiger partial charge in [0.2, 0.25) is 0 Å². The van der Waals surface area contributed by atoms with Crippen molar-refractivity contribution in [3.05, 3.63) is 42.2 Å². The predicted octanol–water partition coefficient (Wildman–Crippen LogP) is 1.83. The van der Waals surface area contributed by atoms with Crippen molar-refractivity contribution < 1.29 is 18.3 Å². The van der Waals surface area contributed by atoms with Crippen LogP contribution in [0.25, 0.3) is 5.69 Å². The Morgan fingerprint density at radius 1 is 1.33 bits per heavy atom. The molecule has 1 aromatic heterocycles. The molecule has 0 unspecified atom stereocenters. The second-order valence-electron chi connectivity index (χ2n) is 3.37. The minimum atomic E-state index is -3.16. The maximum absolute atomic E-state index is 11.9. The number of nitrogen functional groups attached to an aromatic ring is 1. The van der Waals surface area contributed by atoms with Gasteiger partial charge in [-0.05, 0) is 18.2 Å². The molecule has 5 nitrogen and oxygen atoms in total. The minimum Gasteiger partial charge on any atom is -0.398 e. The standard InChI is InChI=1S/C11H9F2N3O2/c12-11(13)18-10(17)8-5-6-16(15-8)9-4-2-1-3-7(9)14/h1-6,11H,14H2. The number of nitrogens with zero attached hydrogens (tertiary/aromatic N) is 2. The molecule has 2 aromatic rings. The van der Waals surface area contributed by atoms with Gasteiger partial charge in [0.25, 0.3) is 0 Å². The molecule has 0 atom stereocenters. The Hall–Kier alpha value is -2.44. The van der Waals surface area contributed by atoms with Crippen molar-refractivity contribution in [1.29, 1.82) is 0 Å². The molecule has 7 heteroatoms. The zero-order valence-electron chi connectivity index (χ0n) is 9.09. The van der Waals surface area contributed by atoms with Crippen molar-refractivity contribution in [2.24, 2.45) is 0 Å². The Balaban J connectivity index is 2.26. The number of para-hydroxylation sites is 2. The fourth-order valence-corrected chi connectivity index (χ4v) is 1.40. The second-order valence-corrected chi connectivity index (χ2v) is 3.37. The Kier molecular flexibility index (Phi) is 3.22. The van der Waals surface area contributed by atoms with Gasteiger partial charge >= 0.3 is 12.6 Å². The molecule has 0 radical (unpaired) electrons. The molecule has 18 heavy (non-hydrogen) atoms. The van der Waals surface area contributed by atoms with Crippen molar-refractivity contribution in [2.75, 3.05) is 5.73 Å². The number of rotatable bonds is 3. The van der Waals surface area contributed by atoms with E-state index in [0.29, 0.717) is 11.4 Å². The van der Waals surface area contributed by atoms with Crippen LogP contribution in [0.5, 0.6) is 0 Å². The number of esters is 1. The van der Waals surface area contributed by atoms with Crippen LogP contribution in [0.4, 0.5) is 14.5 Å². The van der Waals surface area contributed by atoms with Gasteiger partial charge in [-0.25, -0.2) is 9.48 Å². The zero-order chi connectivity index (χ0) is 13.1. The lowest BCUT2D eigenvalue weighted by Crippen LogP contribution is -2.11. The van der Waals surface area contributed by atoms with Gasteiger partial charge in [-0.15, -0.1) is 0 Å². The Morgan fingerprint density at radius 3 is 2.72 bits per heavy atom. The molecule has 1 heterocycles. The summed E-state index contributed by atoms with van der Waals surface area (Å²) < 4.78 is 28.8. The zero-order valence-corrected chi connectivity index (χ0v) is 9.09. The number of benzene rings is 1. The van der Waals surface area contributed by atoms with Gasteiger partial charge in [0.05, 0.1) is 11.4 Å². The van der Waals surface area contributed by atoms with Crippen LogP contribution in [0.2, 0.25) is 0 Å². The van der Waals surface area contributed by atoms with E-state index in [4.69, 9.17) is 5.73 Å². The molecule has 94 valence electrons. The highest BCUT2D eigenvalue weighted by molar-refractivity contribution is 5.87. The summed E-state index contributed by atoms with van der Waals surface area (Å²) in [5, 5.41) is 3.82. The van der Waals surface area contributed by atoms with Crippen molar-refractivity contribution in [3.8, 4) is 5.69 Å². The fourth-order valence-electron chi connectivity index (χ4n) is 1.40. The highest BCUT2D eigenvalue weighted by Gasteiger charge is 2.16. The topological polar surface area (TPSA) is 70.1 Å². The molecule has 0 amide bonds. The van der Waals surface area contributed by atoms with Crippen molar-refractivity contribution in [1.82, 2.24) is 9.78 Å². The lowest BCUT2D eigenvalue weighted by Gasteiger charge is -2.04. The summed E-state index contributed by atoms with van der Waals surface area (Å²) in [5.74, 6) is -1.18. The van der Waals surface area contributed by atoms with E-state index in [9.17, 15) is 13.6 Å². The van der Waals surface area contributed by atoms with Crippen molar-refractivity contribution in [3.63, 3.8) is 0 Å². The molecular weight excluding hydrogens is 244 g/mol. The van der Waals surface area contributed by atoms with Gasteiger partial charge in [-0.3, -0.25) is 0 Å². The first-order chi connectivity index (χ1) is 8.58. The Bertz CT molecular complexity index is 569. The smallest absolute Gasteiger partial charge is 0.389 e. The third-order valence-electron chi connectivity index (χ3n) is 2.18. The van der Waals surface area contributed by atoms with Crippen LogP contribution >= 0.6 is 0 Å². The molecule has 0 saturated heterocycles. The number of ether oxygens (including phenoxy) is 1. The quantitative estimate of drug-likeness (QED) is 0.669. The number of halogens is 2. The summed E-state index contributed by atoms with van der Waals surface area (Å²) in [4.78, 5) is 11.2. The number of alkyl halides is 2. The lowest BCUT2D eigenvalue weighted by atomic mass is 10.3. The van der Waals surface area contributed by atoms with E-state index >= 15 is 0 Å². The molecule has 0 aliphatic heterocycles. The molecule has 0 spiro atoms. The summed E-state index contributed by atoms with van der Waals surface area (Å²) in [6.07, 6.45) is 1.44. The highest BCUT2D eigenvalue weighted by atomic mass is 19.3. The van der Waals surface area contributed by atoms with Crippen LogP contribution in [0, 0.1) is 0 Å². The van der Waals surface area contributed by atoms with Gasteiger partial charge in [-0.2, -0.15) is 13.9 Å². The van der Waals surface area contributed by atoms with E-state index < -0.39 is 12.6 Å².